The van der Waals surface area contributed by atoms with Crippen molar-refractivity contribution in [3.8, 4) is 11.4 Å². The number of fused-ring (bicyclic) bond motifs is 1. The van der Waals surface area contributed by atoms with Gasteiger partial charge in [-0.1, -0.05) is 0 Å². The van der Waals surface area contributed by atoms with Crippen LogP contribution in [0.1, 0.15) is 25.0 Å². The normalized spacial score (nSPS) is 13.2. The Labute approximate surface area is 168 Å². The SMILES string of the molecule is O=C(CCSc1ccc(F)cc1)Nc1ccc(-c2ncc3n2CCCC3)cc1. The second-order valence-electron chi connectivity index (χ2n) is 6.86. The number of aryl methyl sites for hydroxylation is 1. The number of thioether (sulfide) groups is 1. The van der Waals surface area contributed by atoms with Crippen LogP contribution < -0.4 is 5.32 Å². The molecule has 144 valence electrons. The van der Waals surface area contributed by atoms with Gasteiger partial charge in [0.2, 0.25) is 5.91 Å². The fourth-order valence-corrected chi connectivity index (χ4v) is 4.24. The molecule has 0 fully saturated rings. The summed E-state index contributed by atoms with van der Waals surface area (Å²) in [6, 6.07) is 14.2. The molecule has 0 radical (unpaired) electrons. The number of hydrogen-bond acceptors (Lipinski definition) is 3. The Morgan fingerprint density at radius 3 is 2.68 bits per heavy atom. The summed E-state index contributed by atoms with van der Waals surface area (Å²) < 4.78 is 15.2. The molecule has 3 aromatic rings. The van der Waals surface area contributed by atoms with E-state index in [0.29, 0.717) is 12.2 Å². The molecule has 2 heterocycles. The molecule has 1 amide bonds. The van der Waals surface area contributed by atoms with E-state index in [1.807, 2.05) is 30.5 Å². The van der Waals surface area contributed by atoms with Crippen LogP contribution in [-0.4, -0.2) is 21.2 Å². The van der Waals surface area contributed by atoms with Crippen LogP contribution in [0.4, 0.5) is 10.1 Å². The summed E-state index contributed by atoms with van der Waals surface area (Å²) in [6.07, 6.45) is 5.90. The Hall–Kier alpha value is -2.60. The third-order valence-electron chi connectivity index (χ3n) is 4.84. The molecule has 4 rings (SSSR count). The largest absolute Gasteiger partial charge is 0.328 e. The van der Waals surface area contributed by atoms with E-state index < -0.39 is 0 Å². The summed E-state index contributed by atoms with van der Waals surface area (Å²) in [4.78, 5) is 17.7. The zero-order valence-corrected chi connectivity index (χ0v) is 16.3. The van der Waals surface area contributed by atoms with E-state index in [1.165, 1.54) is 30.7 Å². The van der Waals surface area contributed by atoms with Crippen LogP contribution in [0, 0.1) is 5.82 Å². The molecule has 0 saturated heterocycles. The van der Waals surface area contributed by atoms with Crippen molar-refractivity contribution in [2.24, 2.45) is 0 Å². The molecule has 1 aliphatic heterocycles. The number of halogens is 1. The van der Waals surface area contributed by atoms with Crippen molar-refractivity contribution in [2.75, 3.05) is 11.1 Å². The minimum atomic E-state index is -0.249. The minimum Gasteiger partial charge on any atom is -0.328 e. The van der Waals surface area contributed by atoms with E-state index in [4.69, 9.17) is 0 Å². The fraction of sp³-hybridized carbons (Fsp3) is 0.273. The van der Waals surface area contributed by atoms with Crippen LogP contribution in [0.3, 0.4) is 0 Å². The Kier molecular flexibility index (Phi) is 5.76. The number of nitrogens with zero attached hydrogens (tertiary/aromatic N) is 2. The summed E-state index contributed by atoms with van der Waals surface area (Å²) in [5, 5.41) is 2.93. The van der Waals surface area contributed by atoms with E-state index in [9.17, 15) is 9.18 Å². The van der Waals surface area contributed by atoms with Gasteiger partial charge in [0, 0.05) is 46.8 Å². The molecule has 28 heavy (non-hydrogen) atoms. The quantitative estimate of drug-likeness (QED) is 0.588. The average molecular weight is 396 g/mol. The molecule has 0 saturated carbocycles. The molecule has 1 aliphatic rings. The Balaban J connectivity index is 1.31. The molecule has 0 unspecified atom stereocenters. The maximum Gasteiger partial charge on any atom is 0.225 e. The predicted molar refractivity (Wildman–Crippen MR) is 111 cm³/mol. The van der Waals surface area contributed by atoms with Crippen molar-refractivity contribution >= 4 is 23.4 Å². The van der Waals surface area contributed by atoms with Crippen molar-refractivity contribution in [1.82, 2.24) is 9.55 Å². The molecular formula is C22H22FN3OS. The first-order chi connectivity index (χ1) is 13.7. The Bertz CT molecular complexity index is 951. The first-order valence-electron chi connectivity index (χ1n) is 9.52. The number of anilines is 1. The number of amides is 1. The van der Waals surface area contributed by atoms with Crippen LogP contribution in [0.15, 0.2) is 59.6 Å². The van der Waals surface area contributed by atoms with Crippen molar-refractivity contribution in [2.45, 2.75) is 37.1 Å². The number of hydrogen-bond donors (Lipinski definition) is 1. The summed E-state index contributed by atoms with van der Waals surface area (Å²) >= 11 is 1.54. The summed E-state index contributed by atoms with van der Waals surface area (Å²) in [5.41, 5.74) is 3.15. The molecule has 0 aliphatic carbocycles. The topological polar surface area (TPSA) is 46.9 Å². The Morgan fingerprint density at radius 1 is 1.11 bits per heavy atom. The van der Waals surface area contributed by atoms with Gasteiger partial charge in [0.15, 0.2) is 0 Å². The monoisotopic (exact) mass is 395 g/mol. The van der Waals surface area contributed by atoms with Gasteiger partial charge in [-0.15, -0.1) is 11.8 Å². The Morgan fingerprint density at radius 2 is 1.89 bits per heavy atom. The number of nitrogens with one attached hydrogen (secondary N) is 1. The highest BCUT2D eigenvalue weighted by molar-refractivity contribution is 7.99. The smallest absolute Gasteiger partial charge is 0.225 e. The van der Waals surface area contributed by atoms with Crippen LogP contribution in [-0.2, 0) is 17.8 Å². The summed E-state index contributed by atoms with van der Waals surface area (Å²) in [6.45, 7) is 1.02. The third-order valence-corrected chi connectivity index (χ3v) is 5.85. The van der Waals surface area contributed by atoms with Crippen LogP contribution in [0.25, 0.3) is 11.4 Å². The lowest BCUT2D eigenvalue weighted by atomic mass is 10.1. The van der Waals surface area contributed by atoms with E-state index in [1.54, 1.807) is 23.9 Å². The maximum atomic E-state index is 12.9. The molecule has 6 heteroatoms. The molecule has 0 spiro atoms. The number of imidazole rings is 1. The van der Waals surface area contributed by atoms with E-state index >= 15 is 0 Å². The van der Waals surface area contributed by atoms with Crippen molar-refractivity contribution < 1.29 is 9.18 Å². The molecule has 1 N–H and O–H groups in total. The van der Waals surface area contributed by atoms with Crippen molar-refractivity contribution in [1.29, 1.82) is 0 Å². The second-order valence-corrected chi connectivity index (χ2v) is 8.03. The van der Waals surface area contributed by atoms with Gasteiger partial charge in [0.25, 0.3) is 0 Å². The number of benzene rings is 2. The van der Waals surface area contributed by atoms with Gasteiger partial charge >= 0.3 is 0 Å². The highest BCUT2D eigenvalue weighted by Crippen LogP contribution is 2.26. The predicted octanol–water partition coefficient (Wildman–Crippen LogP) is 5.15. The summed E-state index contributed by atoms with van der Waals surface area (Å²) in [5.74, 6) is 1.38. The molecule has 2 aromatic carbocycles. The van der Waals surface area contributed by atoms with Gasteiger partial charge in [0.05, 0.1) is 0 Å². The van der Waals surface area contributed by atoms with Crippen LogP contribution >= 0.6 is 11.8 Å². The van der Waals surface area contributed by atoms with Crippen molar-refractivity contribution in [3.05, 3.63) is 66.2 Å². The lowest BCUT2D eigenvalue weighted by molar-refractivity contribution is -0.115. The van der Waals surface area contributed by atoms with E-state index in [0.717, 1.165) is 34.9 Å². The number of aromatic nitrogens is 2. The molecule has 4 nitrogen and oxygen atoms in total. The van der Waals surface area contributed by atoms with E-state index in [2.05, 4.69) is 14.9 Å². The van der Waals surface area contributed by atoms with E-state index in [-0.39, 0.29) is 11.7 Å². The number of rotatable bonds is 6. The molecule has 0 atom stereocenters. The zero-order chi connectivity index (χ0) is 19.3. The first kappa shape index (κ1) is 18.7. The summed E-state index contributed by atoms with van der Waals surface area (Å²) in [7, 11) is 0. The third kappa shape index (κ3) is 4.44. The van der Waals surface area contributed by atoms with Gasteiger partial charge in [-0.2, -0.15) is 0 Å². The highest BCUT2D eigenvalue weighted by atomic mass is 32.2. The lowest BCUT2D eigenvalue weighted by Gasteiger charge is -2.16. The number of carbonyl (C=O) groups is 1. The second kappa shape index (κ2) is 8.61. The van der Waals surface area contributed by atoms with Gasteiger partial charge in [-0.05, 0) is 67.8 Å². The molecule has 0 bridgehead atoms. The van der Waals surface area contributed by atoms with Gasteiger partial charge in [-0.25, -0.2) is 9.37 Å². The zero-order valence-electron chi connectivity index (χ0n) is 15.5. The molecular weight excluding hydrogens is 373 g/mol. The minimum absolute atomic E-state index is 0.0273. The standard InChI is InChI=1S/C22H22FN3OS/c23-17-6-10-20(11-7-17)28-14-12-21(27)25-18-8-4-16(5-9-18)22-24-15-19-3-1-2-13-26(19)22/h4-11,15H,1-3,12-14H2,(H,25,27). The van der Waals surface area contributed by atoms with Crippen LogP contribution in [0.2, 0.25) is 0 Å². The molecule has 1 aromatic heterocycles. The van der Waals surface area contributed by atoms with Gasteiger partial charge in [0.1, 0.15) is 11.6 Å². The van der Waals surface area contributed by atoms with Gasteiger partial charge in [-0.3, -0.25) is 4.79 Å². The number of carbonyl (C=O) groups excluding carboxylic acids is 1. The maximum absolute atomic E-state index is 12.9. The lowest BCUT2D eigenvalue weighted by Crippen LogP contribution is -2.12. The highest BCUT2D eigenvalue weighted by Gasteiger charge is 2.15. The fourth-order valence-electron chi connectivity index (χ4n) is 3.39. The van der Waals surface area contributed by atoms with Gasteiger partial charge < -0.3 is 9.88 Å². The van der Waals surface area contributed by atoms with Crippen molar-refractivity contribution in [3.63, 3.8) is 0 Å². The first-order valence-corrected chi connectivity index (χ1v) is 10.5. The average Bonchev–Trinajstić information content (AvgIpc) is 3.14. The van der Waals surface area contributed by atoms with Crippen LogP contribution in [0.5, 0.6) is 0 Å².